The minimum Gasteiger partial charge on any atom is -0.339 e. The molecule has 4 rings (SSSR count). The predicted octanol–water partition coefficient (Wildman–Crippen LogP) is 5.36. The molecule has 1 aliphatic rings. The summed E-state index contributed by atoms with van der Waals surface area (Å²) >= 11 is 1.31. The fourth-order valence-corrected chi connectivity index (χ4v) is 5.57. The third-order valence-electron chi connectivity index (χ3n) is 6.53. The van der Waals surface area contributed by atoms with Crippen LogP contribution in [0.3, 0.4) is 0 Å². The van der Waals surface area contributed by atoms with Crippen LogP contribution in [0.5, 0.6) is 0 Å². The first kappa shape index (κ1) is 24.2. The molecule has 178 valence electrons. The second-order valence-electron chi connectivity index (χ2n) is 8.65. The fourth-order valence-electron chi connectivity index (χ4n) is 4.61. The number of nitrogens with zero attached hydrogens (tertiary/aromatic N) is 3. The van der Waals surface area contributed by atoms with Crippen LogP contribution in [-0.2, 0) is 0 Å². The van der Waals surface area contributed by atoms with E-state index in [1.807, 2.05) is 32.0 Å². The Bertz CT molecular complexity index is 1230. The Kier molecular flexibility index (Phi) is 7.83. The molecule has 0 radical (unpaired) electrons. The van der Waals surface area contributed by atoms with Gasteiger partial charge in [-0.25, -0.2) is 4.98 Å². The summed E-state index contributed by atoms with van der Waals surface area (Å²) in [6.07, 6.45) is 5.22. The van der Waals surface area contributed by atoms with Gasteiger partial charge in [-0.15, -0.1) is 0 Å². The van der Waals surface area contributed by atoms with Gasteiger partial charge in [0.15, 0.2) is 10.9 Å². The number of carbonyl (C=O) groups excluding carboxylic acids is 2. The van der Waals surface area contributed by atoms with Crippen molar-refractivity contribution >= 4 is 34.4 Å². The van der Waals surface area contributed by atoms with Gasteiger partial charge in [0.05, 0.1) is 16.7 Å². The van der Waals surface area contributed by atoms with Crippen molar-refractivity contribution in [3.63, 3.8) is 0 Å². The number of aromatic nitrogens is 2. The van der Waals surface area contributed by atoms with Gasteiger partial charge in [-0.2, -0.15) is 0 Å². The van der Waals surface area contributed by atoms with Crippen LogP contribution >= 0.6 is 11.8 Å². The number of Topliss-reactive ketones (excluding diaryl/α,β-unsaturated/α-hetero) is 1. The largest absolute Gasteiger partial charge is 0.339 e. The highest BCUT2D eigenvalue weighted by molar-refractivity contribution is 7.99. The molecule has 1 heterocycles. The Balaban J connectivity index is 1.74. The average Bonchev–Trinajstić information content (AvgIpc) is 2.88. The second kappa shape index (κ2) is 11.0. The molecule has 34 heavy (non-hydrogen) atoms. The van der Waals surface area contributed by atoms with Crippen molar-refractivity contribution in [3.05, 3.63) is 70.0 Å². The molecule has 0 saturated heterocycles. The Morgan fingerprint density at radius 1 is 1.00 bits per heavy atom. The van der Waals surface area contributed by atoms with Crippen LogP contribution in [0, 0.1) is 0 Å². The lowest BCUT2D eigenvalue weighted by Crippen LogP contribution is -2.31. The maximum absolute atomic E-state index is 13.6. The van der Waals surface area contributed by atoms with Gasteiger partial charge >= 0.3 is 0 Å². The molecule has 1 saturated carbocycles. The van der Waals surface area contributed by atoms with E-state index in [0.29, 0.717) is 40.3 Å². The zero-order chi connectivity index (χ0) is 24.1. The minimum atomic E-state index is -0.0894. The Morgan fingerprint density at radius 3 is 2.38 bits per heavy atom. The lowest BCUT2D eigenvalue weighted by molar-refractivity contribution is 0.0773. The smallest absolute Gasteiger partial charge is 0.262 e. The molecule has 1 aliphatic carbocycles. The quantitative estimate of drug-likeness (QED) is 0.248. The number of benzene rings is 2. The zero-order valence-corrected chi connectivity index (χ0v) is 20.6. The van der Waals surface area contributed by atoms with Crippen molar-refractivity contribution < 1.29 is 9.59 Å². The highest BCUT2D eigenvalue weighted by Gasteiger charge is 2.23. The molecular weight excluding hydrogens is 446 g/mol. The summed E-state index contributed by atoms with van der Waals surface area (Å²) in [6.45, 7) is 5.13. The normalized spacial score (nSPS) is 14.3. The van der Waals surface area contributed by atoms with Crippen LogP contribution in [0.1, 0.15) is 72.7 Å². The molecular formula is C27H31N3O3S. The molecule has 1 aromatic heterocycles. The number of ketones is 1. The molecule has 0 aliphatic heterocycles. The summed E-state index contributed by atoms with van der Waals surface area (Å²) in [4.78, 5) is 45.8. The highest BCUT2D eigenvalue weighted by Crippen LogP contribution is 2.31. The van der Waals surface area contributed by atoms with E-state index in [9.17, 15) is 14.4 Å². The number of hydrogen-bond acceptors (Lipinski definition) is 5. The monoisotopic (exact) mass is 477 g/mol. The summed E-state index contributed by atoms with van der Waals surface area (Å²) in [6, 6.07) is 14.4. The molecule has 1 fully saturated rings. The van der Waals surface area contributed by atoms with E-state index in [1.54, 1.807) is 39.8 Å². The molecule has 0 unspecified atom stereocenters. The number of hydrogen-bond donors (Lipinski definition) is 0. The van der Waals surface area contributed by atoms with E-state index in [0.717, 1.165) is 25.7 Å². The summed E-state index contributed by atoms with van der Waals surface area (Å²) in [5.74, 6) is 0.131. The van der Waals surface area contributed by atoms with E-state index in [-0.39, 0.29) is 29.0 Å². The van der Waals surface area contributed by atoms with Crippen LogP contribution < -0.4 is 5.56 Å². The summed E-state index contributed by atoms with van der Waals surface area (Å²) in [7, 11) is 0. The Labute approximate surface area is 204 Å². The molecule has 7 heteroatoms. The summed E-state index contributed by atoms with van der Waals surface area (Å²) in [5, 5.41) is 1.07. The maximum Gasteiger partial charge on any atom is 0.262 e. The van der Waals surface area contributed by atoms with Crippen LogP contribution in [0.25, 0.3) is 10.9 Å². The highest BCUT2D eigenvalue weighted by atomic mass is 32.2. The Morgan fingerprint density at radius 2 is 1.71 bits per heavy atom. The second-order valence-corrected chi connectivity index (χ2v) is 9.59. The molecule has 0 N–H and O–H groups in total. The van der Waals surface area contributed by atoms with Gasteiger partial charge in [0.1, 0.15) is 0 Å². The molecule has 6 nitrogen and oxygen atoms in total. The van der Waals surface area contributed by atoms with E-state index in [4.69, 9.17) is 4.98 Å². The summed E-state index contributed by atoms with van der Waals surface area (Å²) < 4.78 is 1.80. The van der Waals surface area contributed by atoms with Gasteiger partial charge in [-0.3, -0.25) is 19.0 Å². The molecule has 0 bridgehead atoms. The third kappa shape index (κ3) is 5.09. The van der Waals surface area contributed by atoms with Crippen LogP contribution in [0.4, 0.5) is 0 Å². The van der Waals surface area contributed by atoms with Crippen molar-refractivity contribution in [1.29, 1.82) is 0 Å². The first-order valence-electron chi connectivity index (χ1n) is 12.1. The van der Waals surface area contributed by atoms with Crippen LogP contribution in [0.2, 0.25) is 0 Å². The Hall–Kier alpha value is -2.93. The van der Waals surface area contributed by atoms with Crippen LogP contribution in [-0.4, -0.2) is 45.0 Å². The standard InChI is InChI=1S/C27H31N3O3S/c1-3-29(4-2)25(32)20-15-16-22-23(17-20)28-27(30(26(22)33)21-13-9-6-10-14-21)34-18-24(31)19-11-7-5-8-12-19/h5,7-8,11-12,15-17,21H,3-4,6,9-10,13-14,18H2,1-2H3. The van der Waals surface area contributed by atoms with E-state index in [2.05, 4.69) is 0 Å². The molecule has 0 atom stereocenters. The number of fused-ring (bicyclic) bond motifs is 1. The minimum absolute atomic E-state index is 0.000557. The lowest BCUT2D eigenvalue weighted by atomic mass is 9.95. The van der Waals surface area contributed by atoms with E-state index >= 15 is 0 Å². The number of rotatable bonds is 8. The van der Waals surface area contributed by atoms with Gasteiger partial charge in [-0.1, -0.05) is 61.4 Å². The van der Waals surface area contributed by atoms with Crippen molar-refractivity contribution in [3.8, 4) is 0 Å². The van der Waals surface area contributed by atoms with Gasteiger partial charge in [0.2, 0.25) is 0 Å². The van der Waals surface area contributed by atoms with Crippen molar-refractivity contribution in [2.24, 2.45) is 0 Å². The van der Waals surface area contributed by atoms with Crippen molar-refractivity contribution in [2.45, 2.75) is 57.1 Å². The number of amides is 1. The van der Waals surface area contributed by atoms with Crippen molar-refractivity contribution in [2.75, 3.05) is 18.8 Å². The molecule has 1 amide bonds. The molecule has 2 aromatic carbocycles. The van der Waals surface area contributed by atoms with Gasteiger partial charge in [-0.05, 0) is 44.9 Å². The number of thioether (sulfide) groups is 1. The SMILES string of the molecule is CCN(CC)C(=O)c1ccc2c(=O)n(C3CCCCC3)c(SCC(=O)c3ccccc3)nc2c1. The van der Waals surface area contributed by atoms with Crippen molar-refractivity contribution in [1.82, 2.24) is 14.5 Å². The topological polar surface area (TPSA) is 72.3 Å². The first-order chi connectivity index (χ1) is 16.5. The maximum atomic E-state index is 13.6. The lowest BCUT2D eigenvalue weighted by Gasteiger charge is -2.26. The summed E-state index contributed by atoms with van der Waals surface area (Å²) in [5.41, 5.74) is 1.59. The zero-order valence-electron chi connectivity index (χ0n) is 19.8. The fraction of sp³-hybridized carbons (Fsp3) is 0.407. The van der Waals surface area contributed by atoms with Gasteiger partial charge < -0.3 is 4.90 Å². The first-order valence-corrected chi connectivity index (χ1v) is 13.1. The number of carbonyl (C=O) groups is 2. The molecule has 3 aromatic rings. The van der Waals surface area contributed by atoms with Gasteiger partial charge in [0.25, 0.3) is 11.5 Å². The van der Waals surface area contributed by atoms with E-state index < -0.39 is 0 Å². The third-order valence-corrected chi connectivity index (χ3v) is 7.49. The van der Waals surface area contributed by atoms with Crippen LogP contribution in [0.15, 0.2) is 58.5 Å². The average molecular weight is 478 g/mol. The van der Waals surface area contributed by atoms with Gasteiger partial charge in [0, 0.05) is 30.3 Å². The molecule has 0 spiro atoms. The van der Waals surface area contributed by atoms with E-state index in [1.165, 1.54) is 18.2 Å². The predicted molar refractivity (Wildman–Crippen MR) is 137 cm³/mol.